The first-order chi connectivity index (χ1) is 16.3. The summed E-state index contributed by atoms with van der Waals surface area (Å²) in [7, 11) is 4.96. The van der Waals surface area contributed by atoms with Crippen LogP contribution in [0.3, 0.4) is 0 Å². The van der Waals surface area contributed by atoms with Crippen molar-refractivity contribution in [3.63, 3.8) is 0 Å². The van der Waals surface area contributed by atoms with Crippen LogP contribution in [0.1, 0.15) is 24.2 Å². The number of anilines is 2. The van der Waals surface area contributed by atoms with Crippen molar-refractivity contribution in [1.82, 2.24) is 10.2 Å². The van der Waals surface area contributed by atoms with E-state index in [1.165, 1.54) is 0 Å². The quantitative estimate of drug-likeness (QED) is 0.633. The van der Waals surface area contributed by atoms with Gasteiger partial charge in [0.05, 0.1) is 18.8 Å². The molecule has 0 fully saturated rings. The van der Waals surface area contributed by atoms with Crippen molar-refractivity contribution in [1.29, 1.82) is 0 Å². The Morgan fingerprint density at radius 2 is 1.85 bits per heavy atom. The van der Waals surface area contributed by atoms with Crippen LogP contribution < -0.4 is 25.4 Å². The molecule has 0 radical (unpaired) electrons. The topological polar surface area (TPSA) is 101 Å². The molecular weight excluding hydrogens is 436 g/mol. The lowest BCUT2D eigenvalue weighted by Gasteiger charge is -2.30. The fourth-order valence-electron chi connectivity index (χ4n) is 3.73. The van der Waals surface area contributed by atoms with Gasteiger partial charge in [-0.1, -0.05) is 13.0 Å². The Morgan fingerprint density at radius 1 is 1.12 bits per heavy atom. The normalized spacial score (nSPS) is 21.4. The van der Waals surface area contributed by atoms with Crippen LogP contribution in [0, 0.1) is 5.92 Å². The van der Waals surface area contributed by atoms with E-state index in [9.17, 15) is 9.59 Å². The minimum Gasteiger partial charge on any atom is -0.497 e. The number of nitrogens with one attached hydrogen (secondary N) is 3. The zero-order chi connectivity index (χ0) is 24.7. The van der Waals surface area contributed by atoms with E-state index in [1.807, 2.05) is 6.92 Å². The van der Waals surface area contributed by atoms with Crippen molar-refractivity contribution < 1.29 is 23.8 Å². The number of carbonyl (C=O) groups is 2. The van der Waals surface area contributed by atoms with Gasteiger partial charge in [-0.15, -0.1) is 0 Å². The van der Waals surface area contributed by atoms with Gasteiger partial charge in [-0.05, 0) is 43.2 Å². The molecule has 0 saturated heterocycles. The summed E-state index contributed by atoms with van der Waals surface area (Å²) in [6.07, 6.45) is -0.118. The zero-order valence-electron chi connectivity index (χ0n) is 20.4. The van der Waals surface area contributed by atoms with Crippen LogP contribution in [0.4, 0.5) is 16.2 Å². The molecule has 2 aromatic carbocycles. The highest BCUT2D eigenvalue weighted by molar-refractivity contribution is 6.02. The molecule has 3 amide bonds. The Hall–Kier alpha value is -3.30. The van der Waals surface area contributed by atoms with Crippen molar-refractivity contribution in [2.75, 3.05) is 51.6 Å². The minimum absolute atomic E-state index is 0.0894. The number of hydrogen-bond donors (Lipinski definition) is 3. The average molecular weight is 471 g/mol. The van der Waals surface area contributed by atoms with Crippen LogP contribution in [0.25, 0.3) is 0 Å². The molecule has 1 aliphatic heterocycles. The number of urea groups is 1. The van der Waals surface area contributed by atoms with Gasteiger partial charge in [0.1, 0.15) is 18.1 Å². The summed E-state index contributed by atoms with van der Waals surface area (Å²) >= 11 is 0. The number of hydrogen-bond acceptors (Lipinski definition) is 6. The van der Waals surface area contributed by atoms with Crippen LogP contribution in [0.5, 0.6) is 11.5 Å². The summed E-state index contributed by atoms with van der Waals surface area (Å²) in [6.45, 7) is 5.71. The summed E-state index contributed by atoms with van der Waals surface area (Å²) in [5.74, 6) is 1.10. The molecule has 0 saturated carbocycles. The first-order valence-electron chi connectivity index (χ1n) is 11.3. The maximum Gasteiger partial charge on any atom is 0.323 e. The largest absolute Gasteiger partial charge is 0.497 e. The second kappa shape index (κ2) is 11.7. The van der Waals surface area contributed by atoms with Gasteiger partial charge in [-0.25, -0.2) is 4.79 Å². The SMILES string of the molecule is COc1cccc(NC(=O)Nc2ccc3c(c2)C(=O)N(C)C[C@H](OC)[C@H](C)CN[C@@H](C)CO3)c1. The molecular formula is C25H34N4O5. The summed E-state index contributed by atoms with van der Waals surface area (Å²) in [5.41, 5.74) is 1.43. The molecule has 3 atom stereocenters. The first kappa shape index (κ1) is 25.3. The maximum absolute atomic E-state index is 13.3. The minimum atomic E-state index is -0.436. The number of rotatable bonds is 4. The highest BCUT2D eigenvalue weighted by Gasteiger charge is 2.25. The fraction of sp³-hybridized carbons (Fsp3) is 0.440. The smallest absolute Gasteiger partial charge is 0.323 e. The van der Waals surface area contributed by atoms with Gasteiger partial charge in [0.15, 0.2) is 0 Å². The molecule has 0 spiro atoms. The van der Waals surface area contributed by atoms with Crippen molar-refractivity contribution in [3.8, 4) is 11.5 Å². The molecule has 9 heteroatoms. The van der Waals surface area contributed by atoms with E-state index in [1.54, 1.807) is 68.6 Å². The third kappa shape index (κ3) is 6.61. The predicted octanol–water partition coefficient (Wildman–Crippen LogP) is 3.43. The van der Waals surface area contributed by atoms with Crippen LogP contribution in [-0.4, -0.2) is 69.9 Å². The highest BCUT2D eigenvalue weighted by Crippen LogP contribution is 2.26. The Morgan fingerprint density at radius 3 is 2.56 bits per heavy atom. The molecule has 3 N–H and O–H groups in total. The van der Waals surface area contributed by atoms with Crippen molar-refractivity contribution in [2.45, 2.75) is 26.0 Å². The Balaban J connectivity index is 1.81. The molecule has 0 unspecified atom stereocenters. The van der Waals surface area contributed by atoms with Crippen molar-refractivity contribution >= 4 is 23.3 Å². The lowest BCUT2D eigenvalue weighted by Crippen LogP contribution is -2.44. The second-order valence-electron chi connectivity index (χ2n) is 8.58. The summed E-state index contributed by atoms with van der Waals surface area (Å²) in [6, 6.07) is 11.8. The van der Waals surface area contributed by atoms with E-state index in [2.05, 4.69) is 22.9 Å². The molecule has 1 heterocycles. The van der Waals surface area contributed by atoms with Gasteiger partial charge >= 0.3 is 6.03 Å². The van der Waals surface area contributed by atoms with E-state index in [0.29, 0.717) is 41.6 Å². The van der Waals surface area contributed by atoms with Gasteiger partial charge in [0.2, 0.25) is 0 Å². The van der Waals surface area contributed by atoms with Crippen molar-refractivity contribution in [2.24, 2.45) is 5.92 Å². The van der Waals surface area contributed by atoms with Crippen LogP contribution in [0.15, 0.2) is 42.5 Å². The van der Waals surface area contributed by atoms with E-state index < -0.39 is 6.03 Å². The number of nitrogens with zero attached hydrogens (tertiary/aromatic N) is 1. The van der Waals surface area contributed by atoms with Gasteiger partial charge in [0.25, 0.3) is 5.91 Å². The first-order valence-corrected chi connectivity index (χ1v) is 11.3. The molecule has 184 valence electrons. The Labute approximate surface area is 200 Å². The van der Waals surface area contributed by atoms with E-state index >= 15 is 0 Å². The van der Waals surface area contributed by atoms with Gasteiger partial charge in [0, 0.05) is 50.7 Å². The number of amides is 3. The third-order valence-corrected chi connectivity index (χ3v) is 5.81. The molecule has 0 bridgehead atoms. The monoisotopic (exact) mass is 470 g/mol. The standard InChI is InChI=1S/C25H34N4O5/c1-16-13-26-17(2)15-34-22-10-9-19(12-21(22)24(30)29(3)14-23(16)33-5)28-25(31)27-18-7-6-8-20(11-18)32-4/h6-12,16-17,23,26H,13-15H2,1-5H3,(H2,27,28,31)/t16-,17+,23+/m1/s1. The third-order valence-electron chi connectivity index (χ3n) is 5.81. The summed E-state index contributed by atoms with van der Waals surface area (Å²) in [5, 5.41) is 9.00. The second-order valence-corrected chi connectivity index (χ2v) is 8.58. The van der Waals surface area contributed by atoms with Crippen LogP contribution >= 0.6 is 0 Å². The number of benzene rings is 2. The molecule has 0 aliphatic carbocycles. The zero-order valence-corrected chi connectivity index (χ0v) is 20.4. The number of methoxy groups -OCH3 is 2. The highest BCUT2D eigenvalue weighted by atomic mass is 16.5. The average Bonchev–Trinajstić information content (AvgIpc) is 2.83. The number of likely N-dealkylation sites (N-methyl/N-ethyl adjacent to an activating group) is 1. The lowest BCUT2D eigenvalue weighted by molar-refractivity contribution is 0.0281. The fourth-order valence-corrected chi connectivity index (χ4v) is 3.73. The van der Waals surface area contributed by atoms with Gasteiger partial charge in [-0.3, -0.25) is 4.79 Å². The molecule has 3 rings (SSSR count). The predicted molar refractivity (Wildman–Crippen MR) is 132 cm³/mol. The number of carbonyl (C=O) groups excluding carboxylic acids is 2. The molecule has 0 aromatic heterocycles. The molecule has 2 aromatic rings. The van der Waals surface area contributed by atoms with E-state index in [-0.39, 0.29) is 24.0 Å². The Kier molecular flexibility index (Phi) is 8.72. The molecule has 9 nitrogen and oxygen atoms in total. The van der Waals surface area contributed by atoms with Gasteiger partial charge in [-0.2, -0.15) is 0 Å². The lowest BCUT2D eigenvalue weighted by atomic mass is 10.0. The Bertz CT molecular complexity index is 999. The van der Waals surface area contributed by atoms with Gasteiger partial charge < -0.3 is 35.1 Å². The van der Waals surface area contributed by atoms with Crippen LogP contribution in [0.2, 0.25) is 0 Å². The molecule has 1 aliphatic rings. The molecule has 34 heavy (non-hydrogen) atoms. The van der Waals surface area contributed by atoms with Crippen LogP contribution in [-0.2, 0) is 4.74 Å². The maximum atomic E-state index is 13.3. The van der Waals surface area contributed by atoms with E-state index in [0.717, 1.165) is 6.54 Å². The van der Waals surface area contributed by atoms with E-state index in [4.69, 9.17) is 14.2 Å². The number of fused-ring (bicyclic) bond motifs is 1. The summed E-state index contributed by atoms with van der Waals surface area (Å²) < 4.78 is 16.8. The summed E-state index contributed by atoms with van der Waals surface area (Å²) in [4.78, 5) is 27.5. The number of ether oxygens (including phenoxy) is 3. The van der Waals surface area contributed by atoms with Crippen molar-refractivity contribution in [3.05, 3.63) is 48.0 Å².